The van der Waals surface area contributed by atoms with Crippen molar-refractivity contribution in [2.75, 3.05) is 18.4 Å². The number of ether oxygens (including phenoxy) is 1. The molecule has 0 radical (unpaired) electrons. The van der Waals surface area contributed by atoms with Crippen molar-refractivity contribution < 1.29 is 17.9 Å². The van der Waals surface area contributed by atoms with Gasteiger partial charge in [0.25, 0.3) is 0 Å². The first kappa shape index (κ1) is 23.5. The van der Waals surface area contributed by atoms with E-state index in [9.17, 15) is 18.5 Å². The molecule has 0 atom stereocenters. The van der Waals surface area contributed by atoms with Crippen LogP contribution in [-0.4, -0.2) is 31.7 Å². The van der Waals surface area contributed by atoms with Crippen LogP contribution in [0.5, 0.6) is 5.75 Å². The molecule has 8 heteroatoms. The van der Waals surface area contributed by atoms with Crippen molar-refractivity contribution >= 4 is 21.6 Å². The van der Waals surface area contributed by atoms with E-state index in [-0.39, 0.29) is 35.4 Å². The summed E-state index contributed by atoms with van der Waals surface area (Å²) in [6.07, 6.45) is 0.829. The van der Waals surface area contributed by atoms with Gasteiger partial charge in [-0.3, -0.25) is 4.79 Å². The van der Waals surface area contributed by atoms with E-state index in [1.807, 2.05) is 36.4 Å². The monoisotopic (exact) mass is 475 g/mol. The predicted molar refractivity (Wildman–Crippen MR) is 128 cm³/mol. The van der Waals surface area contributed by atoms with E-state index in [0.717, 1.165) is 5.56 Å². The molecule has 0 bridgehead atoms. The second-order valence-corrected chi connectivity index (χ2v) is 9.98. The van der Waals surface area contributed by atoms with Crippen LogP contribution in [0.15, 0.2) is 83.8 Å². The van der Waals surface area contributed by atoms with Crippen LogP contribution in [0.3, 0.4) is 0 Å². The summed E-state index contributed by atoms with van der Waals surface area (Å²) in [7, 11) is -3.78. The van der Waals surface area contributed by atoms with Crippen LogP contribution in [-0.2, 0) is 21.4 Å². The molecule has 3 aromatic carbocycles. The summed E-state index contributed by atoms with van der Waals surface area (Å²) < 4.78 is 33.1. The number of benzene rings is 3. The first-order valence-corrected chi connectivity index (χ1v) is 12.5. The van der Waals surface area contributed by atoms with Gasteiger partial charge in [0.05, 0.1) is 10.5 Å². The summed E-state index contributed by atoms with van der Waals surface area (Å²) in [4.78, 5) is 12.7. The second kappa shape index (κ2) is 10.5. The lowest BCUT2D eigenvalue weighted by Gasteiger charge is -2.30. The van der Waals surface area contributed by atoms with Crippen molar-refractivity contribution in [2.24, 2.45) is 5.92 Å². The van der Waals surface area contributed by atoms with Crippen LogP contribution in [0, 0.1) is 17.2 Å². The molecule has 1 aliphatic rings. The fraction of sp³-hybridized carbons (Fsp3) is 0.231. The molecule has 0 aromatic heterocycles. The van der Waals surface area contributed by atoms with Crippen molar-refractivity contribution in [3.63, 3.8) is 0 Å². The number of piperidine rings is 1. The highest BCUT2D eigenvalue weighted by molar-refractivity contribution is 7.89. The summed E-state index contributed by atoms with van der Waals surface area (Å²) in [5.74, 6) is 0.289. The number of nitriles is 1. The maximum absolute atomic E-state index is 13.0. The summed E-state index contributed by atoms with van der Waals surface area (Å²) in [6, 6.07) is 25.2. The molecular formula is C26H25N3O4S. The van der Waals surface area contributed by atoms with E-state index in [1.54, 1.807) is 36.4 Å². The largest absolute Gasteiger partial charge is 0.489 e. The third-order valence-electron chi connectivity index (χ3n) is 5.82. The number of amides is 1. The lowest BCUT2D eigenvalue weighted by atomic mass is 9.97. The number of hydrogen-bond donors (Lipinski definition) is 1. The minimum atomic E-state index is -3.78. The Labute approximate surface area is 199 Å². The average Bonchev–Trinajstić information content (AvgIpc) is 2.89. The minimum Gasteiger partial charge on any atom is -0.489 e. The van der Waals surface area contributed by atoms with Gasteiger partial charge in [0.15, 0.2) is 0 Å². The fourth-order valence-electron chi connectivity index (χ4n) is 3.90. The number of nitrogens with zero attached hydrogens (tertiary/aromatic N) is 2. The van der Waals surface area contributed by atoms with E-state index >= 15 is 0 Å². The molecule has 3 aromatic rings. The van der Waals surface area contributed by atoms with Crippen molar-refractivity contribution in [3.8, 4) is 11.8 Å². The molecule has 0 spiro atoms. The average molecular weight is 476 g/mol. The SMILES string of the molecule is N#Cc1ccccc1S(=O)(=O)N1CCC(C(=O)Nc2ccc(OCc3ccccc3)cc2)CC1. The van der Waals surface area contributed by atoms with Crippen LogP contribution < -0.4 is 10.1 Å². The molecule has 0 unspecified atom stereocenters. The summed E-state index contributed by atoms with van der Waals surface area (Å²) in [5, 5.41) is 12.2. The van der Waals surface area contributed by atoms with Crippen molar-refractivity contribution in [2.45, 2.75) is 24.3 Å². The van der Waals surface area contributed by atoms with Gasteiger partial charge in [-0.05, 0) is 54.8 Å². The summed E-state index contributed by atoms with van der Waals surface area (Å²) >= 11 is 0. The molecule has 4 rings (SSSR count). The Kier molecular flexibility index (Phi) is 7.26. The van der Waals surface area contributed by atoms with Crippen molar-refractivity contribution in [1.82, 2.24) is 4.31 Å². The molecule has 1 amide bonds. The maximum atomic E-state index is 13.0. The Balaban J connectivity index is 1.30. The van der Waals surface area contributed by atoms with E-state index < -0.39 is 10.0 Å². The van der Waals surface area contributed by atoms with Gasteiger partial charge in [0.2, 0.25) is 15.9 Å². The van der Waals surface area contributed by atoms with Crippen LogP contribution in [0.25, 0.3) is 0 Å². The van der Waals surface area contributed by atoms with Gasteiger partial charge in [-0.2, -0.15) is 9.57 Å². The molecule has 0 aliphatic carbocycles. The van der Waals surface area contributed by atoms with Crippen LogP contribution in [0.1, 0.15) is 24.0 Å². The van der Waals surface area contributed by atoms with Crippen LogP contribution in [0.2, 0.25) is 0 Å². The number of carbonyl (C=O) groups excluding carboxylic acids is 1. The van der Waals surface area contributed by atoms with E-state index in [4.69, 9.17) is 4.74 Å². The Morgan fingerprint density at radius 3 is 2.29 bits per heavy atom. The van der Waals surface area contributed by atoms with Gasteiger partial charge in [-0.1, -0.05) is 42.5 Å². The Morgan fingerprint density at radius 2 is 1.62 bits per heavy atom. The molecule has 0 saturated carbocycles. The number of sulfonamides is 1. The highest BCUT2D eigenvalue weighted by Gasteiger charge is 2.33. The first-order valence-electron chi connectivity index (χ1n) is 11.0. The number of anilines is 1. The minimum absolute atomic E-state index is 0.00924. The number of carbonyl (C=O) groups is 1. The highest BCUT2D eigenvalue weighted by Crippen LogP contribution is 2.27. The van der Waals surface area contributed by atoms with Gasteiger partial charge in [0, 0.05) is 24.7 Å². The second-order valence-electron chi connectivity index (χ2n) is 8.07. The van der Waals surface area contributed by atoms with Crippen molar-refractivity contribution in [1.29, 1.82) is 5.26 Å². The first-order chi connectivity index (χ1) is 16.5. The van der Waals surface area contributed by atoms with E-state index in [0.29, 0.717) is 30.9 Å². The van der Waals surface area contributed by atoms with Crippen LogP contribution >= 0.6 is 0 Å². The lowest BCUT2D eigenvalue weighted by molar-refractivity contribution is -0.120. The molecule has 174 valence electrons. The smallest absolute Gasteiger partial charge is 0.244 e. The molecule has 1 saturated heterocycles. The molecule has 1 aliphatic heterocycles. The van der Waals surface area contributed by atoms with E-state index in [2.05, 4.69) is 5.32 Å². The molecule has 7 nitrogen and oxygen atoms in total. The summed E-state index contributed by atoms with van der Waals surface area (Å²) in [5.41, 5.74) is 1.86. The number of rotatable bonds is 7. The Bertz CT molecular complexity index is 1280. The Hall–Kier alpha value is -3.67. The Morgan fingerprint density at radius 1 is 0.971 bits per heavy atom. The lowest BCUT2D eigenvalue weighted by Crippen LogP contribution is -2.41. The van der Waals surface area contributed by atoms with Gasteiger partial charge >= 0.3 is 0 Å². The zero-order valence-electron chi connectivity index (χ0n) is 18.6. The predicted octanol–water partition coefficient (Wildman–Crippen LogP) is 4.18. The molecule has 1 heterocycles. The zero-order valence-corrected chi connectivity index (χ0v) is 19.4. The third kappa shape index (κ3) is 5.45. The van der Waals surface area contributed by atoms with Crippen LogP contribution in [0.4, 0.5) is 5.69 Å². The van der Waals surface area contributed by atoms with Gasteiger partial charge < -0.3 is 10.1 Å². The van der Waals surface area contributed by atoms with E-state index in [1.165, 1.54) is 16.4 Å². The highest BCUT2D eigenvalue weighted by atomic mass is 32.2. The number of nitrogens with one attached hydrogen (secondary N) is 1. The molecule has 34 heavy (non-hydrogen) atoms. The third-order valence-corrected chi connectivity index (χ3v) is 7.78. The van der Waals surface area contributed by atoms with Gasteiger partial charge in [-0.15, -0.1) is 0 Å². The summed E-state index contributed by atoms with van der Waals surface area (Å²) in [6.45, 7) is 0.922. The molecule has 1 fully saturated rings. The quantitative estimate of drug-likeness (QED) is 0.553. The fourth-order valence-corrected chi connectivity index (χ4v) is 5.51. The maximum Gasteiger partial charge on any atom is 0.244 e. The molecule has 1 N–H and O–H groups in total. The van der Waals surface area contributed by atoms with Gasteiger partial charge in [-0.25, -0.2) is 8.42 Å². The van der Waals surface area contributed by atoms with Gasteiger partial charge in [0.1, 0.15) is 18.4 Å². The number of hydrogen-bond acceptors (Lipinski definition) is 5. The topological polar surface area (TPSA) is 99.5 Å². The molecular weight excluding hydrogens is 450 g/mol. The zero-order chi connectivity index (χ0) is 24.0. The standard InChI is InChI=1S/C26H25N3O4S/c27-18-22-8-4-5-9-25(22)34(31,32)29-16-14-21(15-17-29)26(30)28-23-10-12-24(13-11-23)33-19-20-6-2-1-3-7-20/h1-13,21H,14-17,19H2,(H,28,30). The van der Waals surface area contributed by atoms with Crippen molar-refractivity contribution in [3.05, 3.63) is 90.0 Å². The normalized spacial score (nSPS) is 14.8.